The van der Waals surface area contributed by atoms with Crippen molar-refractivity contribution in [3.05, 3.63) is 82.5 Å². The fourth-order valence-electron chi connectivity index (χ4n) is 5.06. The maximum Gasteiger partial charge on any atom is 0.405 e. The van der Waals surface area contributed by atoms with Crippen molar-refractivity contribution in [1.29, 1.82) is 0 Å². The number of cyclic esters (lactones) is 1. The van der Waals surface area contributed by atoms with E-state index in [9.17, 15) is 19.8 Å². The molecule has 4 rings (SSSR count). The summed E-state index contributed by atoms with van der Waals surface area (Å²) < 4.78 is 6.10. The minimum atomic E-state index is -1.13. The Balaban J connectivity index is 1.59. The lowest BCUT2D eigenvalue weighted by Gasteiger charge is -2.43. The predicted octanol–water partition coefficient (Wildman–Crippen LogP) is 5.54. The molecule has 3 N–H and O–H groups in total. The first-order chi connectivity index (χ1) is 15.9. The van der Waals surface area contributed by atoms with E-state index in [1.54, 1.807) is 0 Å². The van der Waals surface area contributed by atoms with Crippen LogP contribution >= 0.6 is 11.8 Å². The predicted molar refractivity (Wildman–Crippen MR) is 128 cm³/mol. The highest BCUT2D eigenvalue weighted by molar-refractivity contribution is 8.04. The van der Waals surface area contributed by atoms with Gasteiger partial charge in [-0.15, -0.1) is 11.8 Å². The molecule has 1 saturated carbocycles. The summed E-state index contributed by atoms with van der Waals surface area (Å²) >= 11 is 1.30. The van der Waals surface area contributed by atoms with Gasteiger partial charge in [0, 0.05) is 17.7 Å². The number of ether oxygens (including phenoxy) is 1. The Labute approximate surface area is 198 Å². The molecule has 2 aromatic rings. The Morgan fingerprint density at radius 3 is 2.27 bits per heavy atom. The number of amides is 1. The van der Waals surface area contributed by atoms with Crippen LogP contribution in [0.25, 0.3) is 0 Å². The highest BCUT2D eigenvalue weighted by atomic mass is 32.2. The lowest BCUT2D eigenvalue weighted by Crippen LogP contribution is -2.52. The topological polar surface area (TPSA) is 95.9 Å². The fraction of sp³-hybridized carbons (Fsp3) is 0.385. The molecule has 0 bridgehead atoms. The highest BCUT2D eigenvalue weighted by Gasteiger charge is 2.50. The Kier molecular flexibility index (Phi) is 6.98. The molecule has 0 saturated heterocycles. The Morgan fingerprint density at radius 2 is 1.67 bits per heavy atom. The SMILES string of the molecule is O=C(O)NC1(CC2(c3ccccc3)CC(O)=C(SCCc3ccccc3)C(=O)O2)CCCC1. The molecule has 1 heterocycles. The summed E-state index contributed by atoms with van der Waals surface area (Å²) in [5.74, 6) is 0.0993. The van der Waals surface area contributed by atoms with Crippen LogP contribution in [-0.4, -0.2) is 33.6 Å². The zero-order valence-electron chi connectivity index (χ0n) is 18.5. The standard InChI is InChI=1S/C26H29NO5S/c28-21-17-26(20-11-5-2-6-12-20,18-25(27-24(30)31)14-7-8-15-25)32-23(29)22(21)33-16-13-19-9-3-1-4-10-19/h1-6,9-12,27-28H,7-8,13-18H2,(H,30,31). The number of aliphatic hydroxyl groups excluding tert-OH is 1. The first-order valence-electron chi connectivity index (χ1n) is 11.3. The number of carbonyl (C=O) groups is 2. The Bertz CT molecular complexity index is 1020. The van der Waals surface area contributed by atoms with Gasteiger partial charge >= 0.3 is 12.1 Å². The van der Waals surface area contributed by atoms with E-state index in [1.165, 1.54) is 11.8 Å². The number of hydrogen-bond donors (Lipinski definition) is 3. The Morgan fingerprint density at radius 1 is 1.03 bits per heavy atom. The molecule has 1 amide bonds. The molecule has 1 unspecified atom stereocenters. The molecule has 1 aliphatic heterocycles. The largest absolute Gasteiger partial charge is 0.511 e. The number of esters is 1. The van der Waals surface area contributed by atoms with Gasteiger partial charge in [0.05, 0.1) is 6.42 Å². The number of thioether (sulfide) groups is 1. The maximum atomic E-state index is 13.1. The van der Waals surface area contributed by atoms with Crippen LogP contribution in [0.1, 0.15) is 49.7 Å². The molecule has 7 heteroatoms. The summed E-state index contributed by atoms with van der Waals surface area (Å²) in [5, 5.41) is 23.2. The second-order valence-corrected chi connectivity index (χ2v) is 9.99. The van der Waals surface area contributed by atoms with Gasteiger partial charge in [-0.05, 0) is 30.4 Å². The highest BCUT2D eigenvalue weighted by Crippen LogP contribution is 2.48. The molecule has 33 heavy (non-hydrogen) atoms. The molecule has 1 atom stereocenters. The summed E-state index contributed by atoms with van der Waals surface area (Å²) in [6.07, 6.45) is 3.25. The number of carboxylic acid groups (broad SMARTS) is 1. The third-order valence-corrected chi connectivity index (χ3v) is 7.62. The average molecular weight is 468 g/mol. The number of benzene rings is 2. The number of rotatable bonds is 8. The van der Waals surface area contributed by atoms with E-state index in [0.717, 1.165) is 30.4 Å². The maximum absolute atomic E-state index is 13.1. The summed E-state index contributed by atoms with van der Waals surface area (Å²) in [5.41, 5.74) is 0.103. The van der Waals surface area contributed by atoms with Crippen molar-refractivity contribution in [3.63, 3.8) is 0 Å². The van der Waals surface area contributed by atoms with Crippen molar-refractivity contribution >= 4 is 23.8 Å². The van der Waals surface area contributed by atoms with Crippen LogP contribution < -0.4 is 5.32 Å². The van der Waals surface area contributed by atoms with Crippen molar-refractivity contribution in [2.75, 3.05) is 5.75 Å². The van der Waals surface area contributed by atoms with Crippen molar-refractivity contribution in [1.82, 2.24) is 5.32 Å². The third kappa shape index (κ3) is 5.36. The van der Waals surface area contributed by atoms with E-state index in [0.29, 0.717) is 18.6 Å². The minimum absolute atomic E-state index is 0.0108. The smallest absolute Gasteiger partial charge is 0.405 e. The van der Waals surface area contributed by atoms with Crippen LogP contribution in [0.5, 0.6) is 0 Å². The molecule has 1 fully saturated rings. The quantitative estimate of drug-likeness (QED) is 0.441. The van der Waals surface area contributed by atoms with Gasteiger partial charge in [0.25, 0.3) is 0 Å². The number of carbonyl (C=O) groups excluding carboxylic acids is 1. The van der Waals surface area contributed by atoms with Gasteiger partial charge in [0.1, 0.15) is 16.3 Å². The van der Waals surface area contributed by atoms with Gasteiger partial charge in [0.15, 0.2) is 0 Å². The summed E-state index contributed by atoms with van der Waals surface area (Å²) in [7, 11) is 0. The van der Waals surface area contributed by atoms with Crippen molar-refractivity contribution < 1.29 is 24.5 Å². The summed E-state index contributed by atoms with van der Waals surface area (Å²) in [4.78, 5) is 25.0. The van der Waals surface area contributed by atoms with Crippen LogP contribution in [0.3, 0.4) is 0 Å². The molecule has 0 aromatic heterocycles. The number of aliphatic hydroxyl groups is 1. The van der Waals surface area contributed by atoms with E-state index in [1.807, 2.05) is 60.7 Å². The van der Waals surface area contributed by atoms with Crippen molar-refractivity contribution in [2.45, 2.75) is 56.1 Å². The van der Waals surface area contributed by atoms with Gasteiger partial charge in [-0.3, -0.25) is 0 Å². The molecule has 1 aliphatic carbocycles. The second kappa shape index (κ2) is 9.91. The van der Waals surface area contributed by atoms with Gasteiger partial charge in [-0.25, -0.2) is 9.59 Å². The molecular weight excluding hydrogens is 438 g/mol. The van der Waals surface area contributed by atoms with Crippen LogP contribution in [0.2, 0.25) is 0 Å². The molecule has 174 valence electrons. The second-order valence-electron chi connectivity index (χ2n) is 8.88. The molecule has 0 spiro atoms. The Hall–Kier alpha value is -2.93. The van der Waals surface area contributed by atoms with Gasteiger partial charge < -0.3 is 20.3 Å². The van der Waals surface area contributed by atoms with Crippen LogP contribution in [0.4, 0.5) is 4.79 Å². The first-order valence-corrected chi connectivity index (χ1v) is 12.3. The van der Waals surface area contributed by atoms with Crippen molar-refractivity contribution in [3.8, 4) is 0 Å². The lowest BCUT2D eigenvalue weighted by atomic mass is 9.76. The zero-order chi connectivity index (χ0) is 23.3. The molecule has 2 aromatic carbocycles. The van der Waals surface area contributed by atoms with Gasteiger partial charge in [-0.1, -0.05) is 73.5 Å². The van der Waals surface area contributed by atoms with E-state index in [2.05, 4.69) is 5.32 Å². The first kappa shape index (κ1) is 23.2. The average Bonchev–Trinajstić information content (AvgIpc) is 3.24. The van der Waals surface area contributed by atoms with Crippen LogP contribution in [-0.2, 0) is 21.6 Å². The van der Waals surface area contributed by atoms with E-state index < -0.39 is 23.2 Å². The van der Waals surface area contributed by atoms with E-state index in [-0.39, 0.29) is 23.5 Å². The third-order valence-electron chi connectivity index (χ3n) is 6.53. The fourth-order valence-corrected chi connectivity index (χ4v) is 6.00. The van der Waals surface area contributed by atoms with Crippen LogP contribution in [0.15, 0.2) is 71.3 Å². The monoisotopic (exact) mass is 467 g/mol. The molecule has 2 aliphatic rings. The number of nitrogens with one attached hydrogen (secondary N) is 1. The molecule has 6 nitrogen and oxygen atoms in total. The molecule has 0 radical (unpaired) electrons. The number of hydrogen-bond acceptors (Lipinski definition) is 5. The van der Waals surface area contributed by atoms with E-state index >= 15 is 0 Å². The zero-order valence-corrected chi connectivity index (χ0v) is 19.3. The summed E-state index contributed by atoms with van der Waals surface area (Å²) in [6.45, 7) is 0. The minimum Gasteiger partial charge on any atom is -0.511 e. The lowest BCUT2D eigenvalue weighted by molar-refractivity contribution is -0.162. The van der Waals surface area contributed by atoms with Gasteiger partial charge in [0.2, 0.25) is 0 Å². The summed E-state index contributed by atoms with van der Waals surface area (Å²) in [6, 6.07) is 19.3. The van der Waals surface area contributed by atoms with Gasteiger partial charge in [-0.2, -0.15) is 0 Å². The van der Waals surface area contributed by atoms with E-state index in [4.69, 9.17) is 4.74 Å². The normalized spacial score (nSPS) is 22.1. The number of aryl methyl sites for hydroxylation is 1. The van der Waals surface area contributed by atoms with Crippen molar-refractivity contribution in [2.24, 2.45) is 0 Å². The van der Waals surface area contributed by atoms with Crippen LogP contribution in [0, 0.1) is 0 Å². The molecular formula is C26H29NO5S.